The average molecular weight is 286 g/mol. The molecule has 0 radical (unpaired) electrons. The first-order valence-corrected chi connectivity index (χ1v) is 5.47. The van der Waals surface area contributed by atoms with Gasteiger partial charge in [-0.3, -0.25) is 9.59 Å². The number of carbonyl (C=O) groups excluding carboxylic acids is 2. The first-order chi connectivity index (χ1) is 8.00. The van der Waals surface area contributed by atoms with Crippen LogP contribution >= 0.6 is 0 Å². The van der Waals surface area contributed by atoms with Crippen molar-refractivity contribution in [3.63, 3.8) is 0 Å². The summed E-state index contributed by atoms with van der Waals surface area (Å²) in [6, 6.07) is -1.53. The molecule has 8 heteroatoms. The Hall–Kier alpha value is -0.210. The molecule has 1 heterocycles. The number of rotatable bonds is 5. The Bertz CT molecular complexity index is 317. The molecule has 1 fully saturated rings. The van der Waals surface area contributed by atoms with Gasteiger partial charge in [-0.25, -0.2) is 4.79 Å². The van der Waals surface area contributed by atoms with Crippen LogP contribution in [0, 0.1) is 0 Å². The molecule has 1 aliphatic heterocycles. The number of nitrogens with one attached hydrogen (secondary N) is 1. The van der Waals surface area contributed by atoms with E-state index in [0.717, 1.165) is 13.0 Å². The quantitative estimate of drug-likeness (QED) is 0.306. The van der Waals surface area contributed by atoms with E-state index in [0.29, 0.717) is 6.42 Å². The summed E-state index contributed by atoms with van der Waals surface area (Å²) in [4.78, 5) is 33.0. The van der Waals surface area contributed by atoms with E-state index in [-0.39, 0.29) is 50.6 Å². The second-order valence-corrected chi connectivity index (χ2v) is 3.93. The Morgan fingerprint density at radius 3 is 2.61 bits per heavy atom. The zero-order valence-electron chi connectivity index (χ0n) is 9.35. The fourth-order valence-corrected chi connectivity index (χ4v) is 1.52. The molecule has 0 spiro atoms. The zero-order chi connectivity index (χ0) is 12.8. The molecule has 0 bridgehead atoms. The molecule has 18 heavy (non-hydrogen) atoms. The normalized spacial score (nSPS) is 19.7. The molecule has 0 aromatic carbocycles. The van der Waals surface area contributed by atoms with Gasteiger partial charge in [0, 0.05) is 6.42 Å². The van der Waals surface area contributed by atoms with E-state index in [4.69, 9.17) is 10.8 Å². The summed E-state index contributed by atoms with van der Waals surface area (Å²) in [7, 11) is 0. The van der Waals surface area contributed by atoms with Gasteiger partial charge in [0.25, 0.3) is 0 Å². The maximum atomic E-state index is 11.4. The van der Waals surface area contributed by atoms with Gasteiger partial charge in [0.2, 0.25) is 0 Å². The number of carbonyl (C=O) groups is 3. The second kappa shape index (κ2) is 8.82. The standard InChI is InChI=1S/C10H16N2O5.Ca.2H/c11-6(9(14)15)3-4-8(13)17-10(16)7-2-1-5-12-7;;;/h6-7,12H,1-5,11H2,(H,14,15);;;/t6-,7-;;;/m0.../s1. The zero-order valence-corrected chi connectivity index (χ0v) is 9.35. The predicted molar refractivity (Wildman–Crippen MR) is 65.5 cm³/mol. The Kier molecular flexibility index (Phi) is 8.71. The molecule has 7 nitrogen and oxygen atoms in total. The summed E-state index contributed by atoms with van der Waals surface area (Å²) in [5.74, 6) is -2.52. The number of hydrogen-bond donors (Lipinski definition) is 3. The Morgan fingerprint density at radius 2 is 2.11 bits per heavy atom. The Balaban J connectivity index is 0.00000289. The number of aliphatic carboxylic acids is 1. The minimum atomic E-state index is -1.18. The van der Waals surface area contributed by atoms with Crippen molar-refractivity contribution < 1.29 is 24.2 Å². The molecule has 0 amide bonds. The fraction of sp³-hybridized carbons (Fsp3) is 0.700. The molecular weight excluding hydrogens is 268 g/mol. The molecule has 0 saturated carbocycles. The van der Waals surface area contributed by atoms with E-state index >= 15 is 0 Å². The van der Waals surface area contributed by atoms with Gasteiger partial charge in [0.15, 0.2) is 0 Å². The van der Waals surface area contributed by atoms with Crippen LogP contribution in [-0.4, -0.2) is 79.4 Å². The summed E-state index contributed by atoms with van der Waals surface area (Å²) >= 11 is 0. The molecule has 1 aliphatic rings. The van der Waals surface area contributed by atoms with E-state index in [1.54, 1.807) is 0 Å². The van der Waals surface area contributed by atoms with Crippen molar-refractivity contribution in [1.29, 1.82) is 0 Å². The Morgan fingerprint density at radius 1 is 1.44 bits per heavy atom. The Labute approximate surface area is 134 Å². The van der Waals surface area contributed by atoms with Crippen LogP contribution in [0.1, 0.15) is 25.7 Å². The van der Waals surface area contributed by atoms with E-state index in [9.17, 15) is 14.4 Å². The van der Waals surface area contributed by atoms with Crippen molar-refractivity contribution in [3.8, 4) is 0 Å². The summed E-state index contributed by atoms with van der Waals surface area (Å²) < 4.78 is 4.58. The second-order valence-electron chi connectivity index (χ2n) is 3.93. The molecule has 0 aliphatic carbocycles. The monoisotopic (exact) mass is 286 g/mol. The fourth-order valence-electron chi connectivity index (χ4n) is 1.52. The van der Waals surface area contributed by atoms with E-state index in [2.05, 4.69) is 10.1 Å². The van der Waals surface area contributed by atoms with E-state index < -0.39 is 30.0 Å². The van der Waals surface area contributed by atoms with Crippen LogP contribution in [0.4, 0.5) is 0 Å². The molecule has 1 rings (SSSR count). The van der Waals surface area contributed by atoms with Crippen molar-refractivity contribution in [2.75, 3.05) is 6.54 Å². The number of carboxylic acid groups (broad SMARTS) is 1. The van der Waals surface area contributed by atoms with Crippen molar-refractivity contribution in [2.24, 2.45) is 5.73 Å². The third-order valence-corrected chi connectivity index (χ3v) is 2.54. The first-order valence-electron chi connectivity index (χ1n) is 5.47. The van der Waals surface area contributed by atoms with Gasteiger partial charge in [-0.15, -0.1) is 0 Å². The number of hydrogen-bond acceptors (Lipinski definition) is 6. The number of nitrogens with two attached hydrogens (primary N) is 1. The van der Waals surface area contributed by atoms with Gasteiger partial charge < -0.3 is 20.9 Å². The van der Waals surface area contributed by atoms with Crippen molar-refractivity contribution in [3.05, 3.63) is 0 Å². The summed E-state index contributed by atoms with van der Waals surface area (Å²) in [5.41, 5.74) is 5.21. The molecule has 0 unspecified atom stereocenters. The van der Waals surface area contributed by atoms with Crippen LogP contribution in [-0.2, 0) is 19.1 Å². The first kappa shape index (κ1) is 17.8. The van der Waals surface area contributed by atoms with Crippen molar-refractivity contribution in [1.82, 2.24) is 5.32 Å². The van der Waals surface area contributed by atoms with E-state index in [1.165, 1.54) is 0 Å². The summed E-state index contributed by atoms with van der Waals surface area (Å²) in [5, 5.41) is 11.4. The predicted octanol–water partition coefficient (Wildman–Crippen LogP) is -1.92. The molecular formula is C10H18CaN2O5. The molecule has 0 aromatic heterocycles. The topological polar surface area (TPSA) is 119 Å². The summed E-state index contributed by atoms with van der Waals surface area (Å²) in [6.07, 6.45) is 1.31. The number of carboxylic acids is 1. The van der Waals surface area contributed by atoms with Gasteiger partial charge in [0.05, 0.1) is 0 Å². The third-order valence-electron chi connectivity index (χ3n) is 2.54. The number of esters is 2. The minimum absolute atomic E-state index is 0. The van der Waals surface area contributed by atoms with E-state index in [1.807, 2.05) is 0 Å². The van der Waals surface area contributed by atoms with Gasteiger partial charge in [-0.05, 0) is 25.8 Å². The number of ether oxygens (including phenoxy) is 1. The molecule has 0 aromatic rings. The van der Waals surface area contributed by atoms with Crippen LogP contribution < -0.4 is 11.1 Å². The maximum absolute atomic E-state index is 11.4. The van der Waals surface area contributed by atoms with Gasteiger partial charge in [-0.2, -0.15) is 0 Å². The van der Waals surface area contributed by atoms with Crippen LogP contribution in [0.5, 0.6) is 0 Å². The van der Waals surface area contributed by atoms with Crippen LogP contribution in [0.25, 0.3) is 0 Å². The summed E-state index contributed by atoms with van der Waals surface area (Å²) in [6.45, 7) is 0.734. The van der Waals surface area contributed by atoms with Crippen molar-refractivity contribution in [2.45, 2.75) is 37.8 Å². The third kappa shape index (κ3) is 6.10. The van der Waals surface area contributed by atoms with Crippen molar-refractivity contribution >= 4 is 55.6 Å². The molecule has 100 valence electrons. The van der Waals surface area contributed by atoms with Gasteiger partial charge in [0.1, 0.15) is 12.1 Å². The van der Waals surface area contributed by atoms with Gasteiger partial charge >= 0.3 is 55.6 Å². The van der Waals surface area contributed by atoms with Crippen LogP contribution in [0.15, 0.2) is 0 Å². The van der Waals surface area contributed by atoms with Crippen LogP contribution in [0.3, 0.4) is 0 Å². The molecule has 2 atom stereocenters. The molecule has 1 saturated heterocycles. The SMILES string of the molecule is N[C@@H](CCC(=O)OC(=O)[C@@H]1CCCN1)C(=O)O.[CaH2]. The average Bonchev–Trinajstić information content (AvgIpc) is 2.78. The molecule has 4 N–H and O–H groups in total. The van der Waals surface area contributed by atoms with Crippen LogP contribution in [0.2, 0.25) is 0 Å². The van der Waals surface area contributed by atoms with Gasteiger partial charge in [-0.1, -0.05) is 0 Å².